The summed E-state index contributed by atoms with van der Waals surface area (Å²) in [5.74, 6) is 0.961. The van der Waals surface area contributed by atoms with Crippen LogP contribution in [0.4, 0.5) is 0 Å². The Balaban J connectivity index is 1.71. The van der Waals surface area contributed by atoms with E-state index in [1.807, 2.05) is 18.2 Å². The summed E-state index contributed by atoms with van der Waals surface area (Å²) < 4.78 is 7.82. The maximum atomic E-state index is 9.69. The second kappa shape index (κ2) is 7.81. The van der Waals surface area contributed by atoms with Gasteiger partial charge in [-0.3, -0.25) is 4.68 Å². The van der Waals surface area contributed by atoms with Crippen LogP contribution in [0.5, 0.6) is 5.75 Å². The number of nitrogens with zero attached hydrogens (tertiary/aromatic N) is 2. The summed E-state index contributed by atoms with van der Waals surface area (Å²) in [4.78, 5) is 0. The number of para-hydroxylation sites is 1. The van der Waals surface area contributed by atoms with E-state index in [2.05, 4.69) is 42.2 Å². The molecule has 0 amide bonds. The molecular formula is C19H27N3O2. The van der Waals surface area contributed by atoms with E-state index >= 15 is 0 Å². The molecule has 2 aromatic rings. The van der Waals surface area contributed by atoms with Crippen molar-refractivity contribution < 1.29 is 9.84 Å². The van der Waals surface area contributed by atoms with Crippen LogP contribution in [0.2, 0.25) is 0 Å². The molecule has 0 unspecified atom stereocenters. The fraction of sp³-hybridized carbons (Fsp3) is 0.526. The molecule has 0 aliphatic carbocycles. The van der Waals surface area contributed by atoms with Crippen molar-refractivity contribution in [2.24, 2.45) is 5.92 Å². The van der Waals surface area contributed by atoms with E-state index in [-0.39, 0.29) is 18.6 Å². The van der Waals surface area contributed by atoms with Gasteiger partial charge in [-0.1, -0.05) is 32.0 Å². The fourth-order valence-corrected chi connectivity index (χ4v) is 3.40. The van der Waals surface area contributed by atoms with Crippen LogP contribution in [0.15, 0.2) is 36.5 Å². The van der Waals surface area contributed by atoms with Gasteiger partial charge in [0.15, 0.2) is 0 Å². The van der Waals surface area contributed by atoms with E-state index in [1.165, 1.54) is 0 Å². The zero-order valence-corrected chi connectivity index (χ0v) is 14.5. The lowest BCUT2D eigenvalue weighted by atomic mass is 9.91. The van der Waals surface area contributed by atoms with Gasteiger partial charge in [-0.05, 0) is 25.0 Å². The van der Waals surface area contributed by atoms with Crippen molar-refractivity contribution in [3.05, 3.63) is 47.8 Å². The molecule has 2 N–H and O–H groups in total. The molecule has 1 aromatic carbocycles. The summed E-state index contributed by atoms with van der Waals surface area (Å²) in [7, 11) is 0. The minimum atomic E-state index is 0.0565. The predicted octanol–water partition coefficient (Wildman–Crippen LogP) is 3.08. The molecule has 2 heterocycles. The van der Waals surface area contributed by atoms with Crippen molar-refractivity contribution in [1.82, 2.24) is 15.1 Å². The maximum Gasteiger partial charge on any atom is 0.124 e. The number of rotatable bonds is 7. The lowest BCUT2D eigenvalue weighted by Crippen LogP contribution is -2.37. The Labute approximate surface area is 143 Å². The van der Waals surface area contributed by atoms with Crippen molar-refractivity contribution in [3.63, 3.8) is 0 Å². The van der Waals surface area contributed by atoms with E-state index in [4.69, 9.17) is 9.84 Å². The topological polar surface area (TPSA) is 59.3 Å². The molecule has 1 aromatic heterocycles. The van der Waals surface area contributed by atoms with E-state index in [1.54, 1.807) is 0 Å². The Morgan fingerprint density at radius 3 is 2.83 bits per heavy atom. The molecule has 130 valence electrons. The monoisotopic (exact) mass is 329 g/mol. The molecule has 0 radical (unpaired) electrons. The first-order chi connectivity index (χ1) is 11.8. The van der Waals surface area contributed by atoms with Gasteiger partial charge >= 0.3 is 0 Å². The van der Waals surface area contributed by atoms with Gasteiger partial charge in [-0.25, -0.2) is 0 Å². The van der Waals surface area contributed by atoms with Gasteiger partial charge in [0, 0.05) is 30.3 Å². The third kappa shape index (κ3) is 3.47. The quantitative estimate of drug-likeness (QED) is 0.819. The molecule has 0 bridgehead atoms. The Hall–Kier alpha value is -1.85. The number of fused-ring (bicyclic) bond motifs is 1. The number of hydrogen-bond donors (Lipinski definition) is 2. The van der Waals surface area contributed by atoms with Gasteiger partial charge in [0.25, 0.3) is 0 Å². The number of aliphatic hydroxyl groups excluding tert-OH is 1. The highest BCUT2D eigenvalue weighted by Gasteiger charge is 2.30. The predicted molar refractivity (Wildman–Crippen MR) is 93.9 cm³/mol. The smallest absolute Gasteiger partial charge is 0.124 e. The number of aliphatic hydroxyl groups is 1. The minimum Gasteiger partial charge on any atom is -0.493 e. The second-order valence-corrected chi connectivity index (χ2v) is 6.41. The number of ether oxygens (including phenoxy) is 1. The molecular weight excluding hydrogens is 302 g/mol. The van der Waals surface area contributed by atoms with Crippen LogP contribution in [-0.2, 0) is 6.54 Å². The number of benzene rings is 1. The summed E-state index contributed by atoms with van der Waals surface area (Å²) >= 11 is 0. The molecule has 1 aliphatic rings. The van der Waals surface area contributed by atoms with Crippen LogP contribution < -0.4 is 10.1 Å². The first-order valence-electron chi connectivity index (χ1n) is 8.86. The molecule has 5 nitrogen and oxygen atoms in total. The van der Waals surface area contributed by atoms with Crippen LogP contribution >= 0.6 is 0 Å². The van der Waals surface area contributed by atoms with Gasteiger partial charge in [0.05, 0.1) is 24.9 Å². The van der Waals surface area contributed by atoms with Crippen molar-refractivity contribution in [1.29, 1.82) is 0 Å². The molecule has 24 heavy (non-hydrogen) atoms. The lowest BCUT2D eigenvalue weighted by molar-refractivity contribution is 0.110. The van der Waals surface area contributed by atoms with Gasteiger partial charge in [-0.15, -0.1) is 0 Å². The average molecular weight is 329 g/mol. The molecule has 1 aliphatic heterocycles. The third-order valence-corrected chi connectivity index (χ3v) is 4.90. The van der Waals surface area contributed by atoms with Crippen LogP contribution in [0, 0.1) is 5.92 Å². The summed E-state index contributed by atoms with van der Waals surface area (Å²) in [5.41, 5.74) is 2.14. The number of hydrogen-bond acceptors (Lipinski definition) is 4. The highest BCUT2D eigenvalue weighted by atomic mass is 16.5. The molecule has 3 rings (SSSR count). The third-order valence-electron chi connectivity index (χ3n) is 4.90. The maximum absolute atomic E-state index is 9.69. The van der Waals surface area contributed by atoms with Gasteiger partial charge in [-0.2, -0.15) is 5.10 Å². The SMILES string of the molecule is CCC(CC)n1ccc(CN[C@H]2c3ccccc3OC[C@H]2CO)n1. The summed E-state index contributed by atoms with van der Waals surface area (Å²) in [6, 6.07) is 10.7. The zero-order chi connectivity index (χ0) is 16.9. The normalized spacial score (nSPS) is 20.0. The van der Waals surface area contributed by atoms with E-state index in [0.29, 0.717) is 19.2 Å². The van der Waals surface area contributed by atoms with Crippen LogP contribution in [0.1, 0.15) is 50.0 Å². The fourth-order valence-electron chi connectivity index (χ4n) is 3.40. The highest BCUT2D eigenvalue weighted by Crippen LogP contribution is 2.35. The van der Waals surface area contributed by atoms with Crippen molar-refractivity contribution in [2.75, 3.05) is 13.2 Å². The summed E-state index contributed by atoms with van der Waals surface area (Å²) in [6.07, 6.45) is 4.24. The second-order valence-electron chi connectivity index (χ2n) is 6.41. The van der Waals surface area contributed by atoms with Crippen LogP contribution in [0.3, 0.4) is 0 Å². The standard InChI is InChI=1S/C19H27N3O2/c1-3-16(4-2)22-10-9-15(21-22)11-20-19-14(12-23)13-24-18-8-6-5-7-17(18)19/h5-10,14,16,19-20,23H,3-4,11-13H2,1-2H3/t14-,19-/m1/s1. The Kier molecular flexibility index (Phi) is 5.53. The number of aromatic nitrogens is 2. The highest BCUT2D eigenvalue weighted by molar-refractivity contribution is 5.38. The van der Waals surface area contributed by atoms with E-state index in [0.717, 1.165) is 29.8 Å². The molecule has 0 spiro atoms. The first kappa shape index (κ1) is 17.0. The van der Waals surface area contributed by atoms with Gasteiger partial charge < -0.3 is 15.2 Å². The number of nitrogens with one attached hydrogen (secondary N) is 1. The van der Waals surface area contributed by atoms with Crippen LogP contribution in [0.25, 0.3) is 0 Å². The molecule has 5 heteroatoms. The van der Waals surface area contributed by atoms with Crippen molar-refractivity contribution in [3.8, 4) is 5.75 Å². The van der Waals surface area contributed by atoms with Crippen LogP contribution in [-0.4, -0.2) is 28.1 Å². The lowest BCUT2D eigenvalue weighted by Gasteiger charge is -2.33. The van der Waals surface area contributed by atoms with Crippen molar-refractivity contribution in [2.45, 2.75) is 45.3 Å². The molecule has 0 saturated heterocycles. The zero-order valence-electron chi connectivity index (χ0n) is 14.5. The Morgan fingerprint density at radius 1 is 1.29 bits per heavy atom. The summed E-state index contributed by atoms with van der Waals surface area (Å²) in [5, 5.41) is 18.0. The average Bonchev–Trinajstić information content (AvgIpc) is 3.09. The Morgan fingerprint density at radius 2 is 2.08 bits per heavy atom. The first-order valence-corrected chi connectivity index (χ1v) is 8.86. The van der Waals surface area contributed by atoms with Gasteiger partial charge in [0.1, 0.15) is 5.75 Å². The molecule has 2 atom stereocenters. The Bertz CT molecular complexity index is 652. The van der Waals surface area contributed by atoms with E-state index in [9.17, 15) is 5.11 Å². The summed E-state index contributed by atoms with van der Waals surface area (Å²) in [6.45, 7) is 5.71. The largest absolute Gasteiger partial charge is 0.493 e. The van der Waals surface area contributed by atoms with E-state index < -0.39 is 0 Å². The molecule has 0 saturated carbocycles. The van der Waals surface area contributed by atoms with Crippen molar-refractivity contribution >= 4 is 0 Å². The molecule has 0 fully saturated rings. The minimum absolute atomic E-state index is 0.0565. The van der Waals surface area contributed by atoms with Gasteiger partial charge in [0.2, 0.25) is 0 Å².